The molecular formula is C16H22N6O2S. The smallest absolute Gasteiger partial charge is 0.243 e. The van der Waals surface area contributed by atoms with Crippen LogP contribution >= 0.6 is 11.8 Å². The molecule has 25 heavy (non-hydrogen) atoms. The van der Waals surface area contributed by atoms with Crippen molar-refractivity contribution in [2.24, 2.45) is 0 Å². The summed E-state index contributed by atoms with van der Waals surface area (Å²) in [5.74, 6) is 6.00. The largest absolute Gasteiger partial charge is 0.336 e. The zero-order valence-electron chi connectivity index (χ0n) is 14.7. The Hall–Kier alpha value is -2.55. The summed E-state index contributed by atoms with van der Waals surface area (Å²) in [5.41, 5.74) is 2.79. The first-order valence-electron chi connectivity index (χ1n) is 7.69. The first kappa shape index (κ1) is 18.8. The summed E-state index contributed by atoms with van der Waals surface area (Å²) >= 11 is 1.18. The van der Waals surface area contributed by atoms with E-state index in [0.29, 0.717) is 11.0 Å². The van der Waals surface area contributed by atoms with Crippen LogP contribution in [0.3, 0.4) is 0 Å². The highest BCUT2D eigenvalue weighted by molar-refractivity contribution is 7.99. The highest BCUT2D eigenvalue weighted by atomic mass is 32.2. The van der Waals surface area contributed by atoms with Gasteiger partial charge in [-0.05, 0) is 38.0 Å². The monoisotopic (exact) mass is 362 g/mol. The molecule has 2 amide bonds. The van der Waals surface area contributed by atoms with Crippen molar-refractivity contribution < 1.29 is 9.59 Å². The Bertz CT molecular complexity index is 789. The predicted octanol–water partition coefficient (Wildman–Crippen LogP) is 1.11. The number of nitrogens with two attached hydrogens (primary N) is 1. The summed E-state index contributed by atoms with van der Waals surface area (Å²) in [6.07, 6.45) is 0. The van der Waals surface area contributed by atoms with Gasteiger partial charge in [-0.15, -0.1) is 10.2 Å². The number of hydrogen-bond donors (Lipinski definition) is 2. The number of aryl methyl sites for hydroxylation is 3. The van der Waals surface area contributed by atoms with E-state index in [1.807, 2.05) is 32.0 Å². The van der Waals surface area contributed by atoms with Crippen molar-refractivity contribution in [1.82, 2.24) is 19.8 Å². The standard InChI is InChI=1S/C16H22N6O2S/c1-10-5-6-11(2)13(7-10)18-14(23)8-21(4)15(24)9-25-16-20-19-12(3)22(16)17/h5-7H,8-9,17H2,1-4H3,(H,18,23). The number of nitrogens with one attached hydrogen (secondary N) is 1. The number of anilines is 1. The molecule has 0 spiro atoms. The highest BCUT2D eigenvalue weighted by Crippen LogP contribution is 2.17. The van der Waals surface area contributed by atoms with E-state index in [2.05, 4.69) is 15.5 Å². The van der Waals surface area contributed by atoms with Gasteiger partial charge < -0.3 is 16.1 Å². The maximum absolute atomic E-state index is 12.2. The quantitative estimate of drug-likeness (QED) is 0.589. The molecule has 0 saturated carbocycles. The molecule has 2 rings (SSSR count). The topological polar surface area (TPSA) is 106 Å². The van der Waals surface area contributed by atoms with Gasteiger partial charge in [-0.3, -0.25) is 9.59 Å². The van der Waals surface area contributed by atoms with E-state index >= 15 is 0 Å². The Morgan fingerprint density at radius 1 is 1.28 bits per heavy atom. The van der Waals surface area contributed by atoms with Crippen molar-refractivity contribution in [2.75, 3.05) is 30.5 Å². The van der Waals surface area contributed by atoms with Crippen LogP contribution in [0.5, 0.6) is 0 Å². The van der Waals surface area contributed by atoms with Gasteiger partial charge in [0.15, 0.2) is 0 Å². The number of nitrogens with zero attached hydrogens (tertiary/aromatic N) is 4. The molecule has 8 nitrogen and oxygen atoms in total. The predicted molar refractivity (Wildman–Crippen MR) is 97.8 cm³/mol. The van der Waals surface area contributed by atoms with E-state index in [9.17, 15) is 9.59 Å². The third-order valence-electron chi connectivity index (χ3n) is 3.63. The summed E-state index contributed by atoms with van der Waals surface area (Å²) in [4.78, 5) is 25.7. The van der Waals surface area contributed by atoms with Gasteiger partial charge in [0.2, 0.25) is 17.0 Å². The van der Waals surface area contributed by atoms with Gasteiger partial charge in [-0.25, -0.2) is 4.68 Å². The Kier molecular flexibility index (Phi) is 6.02. The number of carbonyl (C=O) groups excluding carboxylic acids is 2. The molecule has 0 saturated heterocycles. The third-order valence-corrected chi connectivity index (χ3v) is 4.56. The molecule has 1 heterocycles. The first-order chi connectivity index (χ1) is 11.8. The average Bonchev–Trinajstić information content (AvgIpc) is 2.87. The number of amides is 2. The fraction of sp³-hybridized carbons (Fsp3) is 0.375. The second-order valence-electron chi connectivity index (χ2n) is 5.80. The lowest BCUT2D eigenvalue weighted by Crippen LogP contribution is -2.36. The molecule has 2 aromatic rings. The number of carbonyl (C=O) groups is 2. The van der Waals surface area contributed by atoms with Gasteiger partial charge >= 0.3 is 0 Å². The zero-order valence-corrected chi connectivity index (χ0v) is 15.6. The summed E-state index contributed by atoms with van der Waals surface area (Å²) in [5, 5.41) is 11.0. The van der Waals surface area contributed by atoms with Crippen molar-refractivity contribution in [3.63, 3.8) is 0 Å². The number of rotatable bonds is 6. The van der Waals surface area contributed by atoms with Crippen LogP contribution in [0.15, 0.2) is 23.4 Å². The van der Waals surface area contributed by atoms with Crippen LogP contribution in [0.4, 0.5) is 5.69 Å². The van der Waals surface area contributed by atoms with Gasteiger partial charge in [0, 0.05) is 12.7 Å². The minimum absolute atomic E-state index is 0.0267. The molecule has 0 aliphatic heterocycles. The molecule has 0 aliphatic carbocycles. The number of hydrogen-bond acceptors (Lipinski definition) is 6. The minimum atomic E-state index is -0.243. The van der Waals surface area contributed by atoms with Crippen molar-refractivity contribution in [3.8, 4) is 0 Å². The van der Waals surface area contributed by atoms with Crippen molar-refractivity contribution in [3.05, 3.63) is 35.2 Å². The summed E-state index contributed by atoms with van der Waals surface area (Å²) in [7, 11) is 1.59. The third kappa shape index (κ3) is 4.96. The molecule has 1 aromatic carbocycles. The van der Waals surface area contributed by atoms with Gasteiger partial charge in [-0.1, -0.05) is 23.9 Å². The molecule has 134 valence electrons. The number of likely N-dealkylation sites (N-methyl/N-ethyl adjacent to an activating group) is 1. The van der Waals surface area contributed by atoms with Crippen LogP contribution < -0.4 is 11.2 Å². The number of thioether (sulfide) groups is 1. The Morgan fingerprint density at radius 2 is 2.00 bits per heavy atom. The summed E-state index contributed by atoms with van der Waals surface area (Å²) < 4.78 is 1.32. The lowest BCUT2D eigenvalue weighted by atomic mass is 10.1. The lowest BCUT2D eigenvalue weighted by molar-refractivity contribution is -0.131. The van der Waals surface area contributed by atoms with Gasteiger partial charge in [-0.2, -0.15) is 0 Å². The molecule has 3 N–H and O–H groups in total. The van der Waals surface area contributed by atoms with E-state index < -0.39 is 0 Å². The number of aromatic nitrogens is 3. The summed E-state index contributed by atoms with van der Waals surface area (Å²) in [6, 6.07) is 5.83. The van der Waals surface area contributed by atoms with Crippen LogP contribution in [0, 0.1) is 20.8 Å². The normalized spacial score (nSPS) is 10.6. The van der Waals surface area contributed by atoms with Crippen LogP contribution in [-0.2, 0) is 9.59 Å². The van der Waals surface area contributed by atoms with Crippen LogP contribution in [0.25, 0.3) is 0 Å². The molecule has 0 bridgehead atoms. The Morgan fingerprint density at radius 3 is 2.64 bits per heavy atom. The van der Waals surface area contributed by atoms with Crippen LogP contribution in [-0.4, -0.2) is 50.9 Å². The van der Waals surface area contributed by atoms with Gasteiger partial charge in [0.25, 0.3) is 0 Å². The fourth-order valence-corrected chi connectivity index (χ4v) is 2.89. The molecule has 1 aromatic heterocycles. The maximum atomic E-state index is 12.2. The molecular weight excluding hydrogens is 340 g/mol. The molecule has 0 radical (unpaired) electrons. The first-order valence-corrected chi connectivity index (χ1v) is 8.67. The molecule has 0 aliphatic rings. The molecule has 0 atom stereocenters. The zero-order chi connectivity index (χ0) is 18.6. The highest BCUT2D eigenvalue weighted by Gasteiger charge is 2.16. The van der Waals surface area contributed by atoms with Crippen molar-refractivity contribution >= 4 is 29.3 Å². The van der Waals surface area contributed by atoms with Gasteiger partial charge in [0.1, 0.15) is 5.82 Å². The Balaban J connectivity index is 1.86. The summed E-state index contributed by atoms with van der Waals surface area (Å²) in [6.45, 7) is 5.58. The average molecular weight is 362 g/mol. The van der Waals surface area contributed by atoms with Crippen molar-refractivity contribution in [2.45, 2.75) is 25.9 Å². The second-order valence-corrected chi connectivity index (χ2v) is 6.75. The van der Waals surface area contributed by atoms with Crippen LogP contribution in [0.2, 0.25) is 0 Å². The van der Waals surface area contributed by atoms with Gasteiger partial charge in [0.05, 0.1) is 12.3 Å². The SMILES string of the molecule is Cc1ccc(C)c(NC(=O)CN(C)C(=O)CSc2nnc(C)n2N)c1. The van der Waals surface area contributed by atoms with Crippen LogP contribution in [0.1, 0.15) is 17.0 Å². The Labute approximate surface area is 150 Å². The van der Waals surface area contributed by atoms with E-state index in [0.717, 1.165) is 16.8 Å². The number of benzene rings is 1. The molecule has 9 heteroatoms. The molecule has 0 fully saturated rings. The second kappa shape index (κ2) is 8.02. The molecule has 0 unspecified atom stereocenters. The lowest BCUT2D eigenvalue weighted by Gasteiger charge is -2.17. The fourth-order valence-electron chi connectivity index (χ4n) is 2.05. The van der Waals surface area contributed by atoms with E-state index in [-0.39, 0.29) is 24.1 Å². The minimum Gasteiger partial charge on any atom is -0.336 e. The van der Waals surface area contributed by atoms with E-state index in [1.165, 1.54) is 21.3 Å². The van der Waals surface area contributed by atoms with E-state index in [4.69, 9.17) is 5.84 Å². The number of nitrogen functional groups attached to an aromatic ring is 1. The maximum Gasteiger partial charge on any atom is 0.243 e. The van der Waals surface area contributed by atoms with E-state index in [1.54, 1.807) is 14.0 Å². The van der Waals surface area contributed by atoms with Crippen molar-refractivity contribution in [1.29, 1.82) is 0 Å².